The number of rotatable bonds is 1. The lowest BCUT2D eigenvalue weighted by molar-refractivity contribution is -0.137. The molecule has 0 aliphatic heterocycles. The summed E-state index contributed by atoms with van der Waals surface area (Å²) >= 11 is 5.74. The molecule has 0 aliphatic rings. The summed E-state index contributed by atoms with van der Waals surface area (Å²) in [5, 5.41) is 3.99. The van der Waals surface area contributed by atoms with Gasteiger partial charge in [0.2, 0.25) is 0 Å². The van der Waals surface area contributed by atoms with Crippen LogP contribution in [0.4, 0.5) is 18.9 Å². The summed E-state index contributed by atoms with van der Waals surface area (Å²) in [4.78, 5) is 0. The van der Waals surface area contributed by atoms with Crippen LogP contribution in [0, 0.1) is 0 Å². The summed E-state index contributed by atoms with van der Waals surface area (Å²) < 4.78 is 38.2. The third-order valence-electron chi connectivity index (χ3n) is 2.15. The normalized spacial score (nSPS) is 11.8. The van der Waals surface area contributed by atoms with Gasteiger partial charge in [0.05, 0.1) is 23.1 Å². The molecule has 2 N–H and O–H groups in total. The smallest absolute Gasteiger partial charge is 0.397 e. The third-order valence-corrected chi connectivity index (χ3v) is 2.38. The van der Waals surface area contributed by atoms with E-state index in [0.717, 1.165) is 17.1 Å². The van der Waals surface area contributed by atoms with E-state index in [1.54, 1.807) is 6.07 Å². The van der Waals surface area contributed by atoms with Crippen LogP contribution in [0.25, 0.3) is 5.69 Å². The van der Waals surface area contributed by atoms with E-state index in [1.807, 2.05) is 0 Å². The lowest BCUT2D eigenvalue weighted by Gasteiger charge is -2.06. The molecule has 0 radical (unpaired) electrons. The first-order valence-electron chi connectivity index (χ1n) is 4.55. The monoisotopic (exact) mass is 261 g/mol. The predicted molar refractivity (Wildman–Crippen MR) is 58.0 cm³/mol. The lowest BCUT2D eigenvalue weighted by Crippen LogP contribution is -2.03. The van der Waals surface area contributed by atoms with Crippen LogP contribution < -0.4 is 5.73 Å². The number of aromatic nitrogens is 2. The van der Waals surface area contributed by atoms with Crippen molar-refractivity contribution in [1.82, 2.24) is 9.78 Å². The number of nitrogen functional groups attached to an aromatic ring is 1. The first kappa shape index (κ1) is 11.8. The maximum Gasteiger partial charge on any atom is 0.419 e. The highest BCUT2D eigenvalue weighted by Crippen LogP contribution is 2.30. The standard InChI is InChI=1S/C10H7ClF3N3/c11-7-1-2-8(15)9(3-7)17-5-6(4-16-17)10(12,13)14/h1-5H,15H2. The quantitative estimate of drug-likeness (QED) is 0.802. The molecule has 0 fully saturated rings. The van der Waals surface area contributed by atoms with Crippen molar-refractivity contribution in [3.8, 4) is 5.69 Å². The van der Waals surface area contributed by atoms with Gasteiger partial charge in [0.15, 0.2) is 0 Å². The van der Waals surface area contributed by atoms with Gasteiger partial charge in [-0.2, -0.15) is 18.3 Å². The Kier molecular flexibility index (Phi) is 2.74. The van der Waals surface area contributed by atoms with E-state index < -0.39 is 11.7 Å². The number of halogens is 4. The van der Waals surface area contributed by atoms with Crippen LogP contribution in [0.3, 0.4) is 0 Å². The highest BCUT2D eigenvalue weighted by molar-refractivity contribution is 6.30. The molecule has 0 bridgehead atoms. The molecular formula is C10H7ClF3N3. The van der Waals surface area contributed by atoms with Crippen LogP contribution in [0.1, 0.15) is 5.56 Å². The second-order valence-corrected chi connectivity index (χ2v) is 3.81. The molecule has 2 aromatic rings. The molecule has 0 amide bonds. The minimum atomic E-state index is -4.43. The average Bonchev–Trinajstić information content (AvgIpc) is 2.70. The Bertz CT molecular complexity index is 548. The Balaban J connectivity index is 2.47. The second-order valence-electron chi connectivity index (χ2n) is 3.37. The fourth-order valence-corrected chi connectivity index (χ4v) is 1.48. The molecule has 1 aromatic heterocycles. The number of anilines is 1. The van der Waals surface area contributed by atoms with Gasteiger partial charge >= 0.3 is 6.18 Å². The van der Waals surface area contributed by atoms with Crippen molar-refractivity contribution in [3.63, 3.8) is 0 Å². The molecule has 0 spiro atoms. The molecule has 3 nitrogen and oxygen atoms in total. The van der Waals surface area contributed by atoms with Crippen molar-refractivity contribution in [2.45, 2.75) is 6.18 Å². The van der Waals surface area contributed by atoms with Crippen molar-refractivity contribution >= 4 is 17.3 Å². The van der Waals surface area contributed by atoms with E-state index in [2.05, 4.69) is 5.10 Å². The van der Waals surface area contributed by atoms with E-state index in [1.165, 1.54) is 12.1 Å². The van der Waals surface area contributed by atoms with Crippen molar-refractivity contribution in [2.24, 2.45) is 0 Å². The van der Waals surface area contributed by atoms with Gasteiger partial charge in [0.1, 0.15) is 0 Å². The van der Waals surface area contributed by atoms with Crippen LogP contribution in [-0.4, -0.2) is 9.78 Å². The van der Waals surface area contributed by atoms with Gasteiger partial charge in [-0.15, -0.1) is 0 Å². The number of nitrogens with two attached hydrogens (primary N) is 1. The van der Waals surface area contributed by atoms with Gasteiger partial charge < -0.3 is 5.73 Å². The molecule has 0 saturated carbocycles. The molecule has 0 atom stereocenters. The zero-order chi connectivity index (χ0) is 12.6. The maximum absolute atomic E-state index is 12.4. The number of nitrogens with zero attached hydrogens (tertiary/aromatic N) is 2. The SMILES string of the molecule is Nc1ccc(Cl)cc1-n1cc(C(F)(F)F)cn1. The number of hydrogen-bond donors (Lipinski definition) is 1. The summed E-state index contributed by atoms with van der Waals surface area (Å²) in [7, 11) is 0. The fourth-order valence-electron chi connectivity index (χ4n) is 1.32. The second kappa shape index (κ2) is 3.96. The van der Waals surface area contributed by atoms with Crippen molar-refractivity contribution < 1.29 is 13.2 Å². The summed E-state index contributed by atoms with van der Waals surface area (Å²) in [6.45, 7) is 0. The zero-order valence-corrected chi connectivity index (χ0v) is 9.13. The Labute approximate surface area is 99.6 Å². The molecule has 0 saturated heterocycles. The topological polar surface area (TPSA) is 43.8 Å². The predicted octanol–water partition coefficient (Wildman–Crippen LogP) is 3.13. The number of alkyl halides is 3. The molecule has 7 heteroatoms. The minimum absolute atomic E-state index is 0.297. The van der Waals surface area contributed by atoms with E-state index in [4.69, 9.17) is 17.3 Å². The number of benzene rings is 1. The van der Waals surface area contributed by atoms with Crippen LogP contribution in [0.15, 0.2) is 30.6 Å². The maximum atomic E-state index is 12.4. The molecular weight excluding hydrogens is 255 g/mol. The Morgan fingerprint density at radius 2 is 2.00 bits per heavy atom. The van der Waals surface area contributed by atoms with E-state index in [9.17, 15) is 13.2 Å². The van der Waals surface area contributed by atoms with E-state index >= 15 is 0 Å². The number of hydrogen-bond acceptors (Lipinski definition) is 2. The first-order valence-corrected chi connectivity index (χ1v) is 4.93. The van der Waals surface area contributed by atoms with Gasteiger partial charge in [-0.1, -0.05) is 11.6 Å². The Morgan fingerprint density at radius 3 is 2.59 bits per heavy atom. The molecule has 90 valence electrons. The van der Waals surface area contributed by atoms with Crippen molar-refractivity contribution in [1.29, 1.82) is 0 Å². The summed E-state index contributed by atoms with van der Waals surface area (Å²) in [6, 6.07) is 4.51. The van der Waals surface area contributed by atoms with Gasteiger partial charge in [-0.25, -0.2) is 4.68 Å². The third kappa shape index (κ3) is 2.36. The Hall–Kier alpha value is -1.69. The molecule has 0 unspecified atom stereocenters. The van der Waals surface area contributed by atoms with Crippen molar-refractivity contribution in [3.05, 3.63) is 41.2 Å². The van der Waals surface area contributed by atoms with E-state index in [0.29, 0.717) is 16.4 Å². The summed E-state index contributed by atoms with van der Waals surface area (Å²) in [5.74, 6) is 0. The zero-order valence-electron chi connectivity index (χ0n) is 8.37. The molecule has 2 rings (SSSR count). The van der Waals surface area contributed by atoms with Crippen LogP contribution >= 0.6 is 11.6 Å². The minimum Gasteiger partial charge on any atom is -0.397 e. The largest absolute Gasteiger partial charge is 0.419 e. The molecule has 0 aliphatic carbocycles. The highest BCUT2D eigenvalue weighted by Gasteiger charge is 2.32. The average molecular weight is 262 g/mol. The molecule has 17 heavy (non-hydrogen) atoms. The molecule has 1 aromatic carbocycles. The fraction of sp³-hybridized carbons (Fsp3) is 0.100. The lowest BCUT2D eigenvalue weighted by atomic mass is 10.2. The molecule has 1 heterocycles. The van der Waals surface area contributed by atoms with Crippen molar-refractivity contribution in [2.75, 3.05) is 5.73 Å². The first-order chi connectivity index (χ1) is 7.88. The van der Waals surface area contributed by atoms with E-state index in [-0.39, 0.29) is 0 Å². The van der Waals surface area contributed by atoms with Crippen LogP contribution in [-0.2, 0) is 6.18 Å². The van der Waals surface area contributed by atoms with Crippen LogP contribution in [0.2, 0.25) is 5.02 Å². The van der Waals surface area contributed by atoms with Crippen LogP contribution in [0.5, 0.6) is 0 Å². The highest BCUT2D eigenvalue weighted by atomic mass is 35.5. The van der Waals surface area contributed by atoms with Gasteiger partial charge in [0.25, 0.3) is 0 Å². The summed E-state index contributed by atoms with van der Waals surface area (Å²) in [5.41, 5.74) is 5.41. The van der Waals surface area contributed by atoms with Gasteiger partial charge in [-0.3, -0.25) is 0 Å². The Morgan fingerprint density at radius 1 is 1.29 bits per heavy atom. The van der Waals surface area contributed by atoms with Gasteiger partial charge in [-0.05, 0) is 18.2 Å². The summed E-state index contributed by atoms with van der Waals surface area (Å²) in [6.07, 6.45) is -2.83. The van der Waals surface area contributed by atoms with Gasteiger partial charge in [0, 0.05) is 11.2 Å².